The lowest BCUT2D eigenvalue weighted by atomic mass is 9.91. The van der Waals surface area contributed by atoms with Crippen LogP contribution in [-0.4, -0.2) is 6.61 Å². The Balaban J connectivity index is 1.62. The summed E-state index contributed by atoms with van der Waals surface area (Å²) in [5.74, 6) is -12.9. The second-order valence-corrected chi connectivity index (χ2v) is 9.05. The molecule has 1 aliphatic rings. The van der Waals surface area contributed by atoms with Gasteiger partial charge in [0.15, 0.2) is 17.5 Å². The largest absolute Gasteiger partial charge is 0.432 e. The van der Waals surface area contributed by atoms with E-state index in [9.17, 15) is 39.5 Å². The third-order valence-electron chi connectivity index (χ3n) is 6.33. The van der Waals surface area contributed by atoms with Gasteiger partial charge in [-0.2, -0.15) is 8.78 Å². The van der Waals surface area contributed by atoms with Crippen LogP contribution in [0.25, 0.3) is 11.1 Å². The molecule has 3 aromatic rings. The number of benzene rings is 3. The molecule has 1 aliphatic heterocycles. The summed E-state index contributed by atoms with van der Waals surface area (Å²) in [5.41, 5.74) is -3.37. The number of hydrogen-bond acceptors (Lipinski definition) is 2. The molecule has 2 atom stereocenters. The first-order valence-corrected chi connectivity index (χ1v) is 11.7. The monoisotopic (exact) mass is 548 g/mol. The number of rotatable bonds is 7. The highest BCUT2D eigenvalue weighted by atomic mass is 19.3. The van der Waals surface area contributed by atoms with Gasteiger partial charge in [-0.3, -0.25) is 0 Å². The van der Waals surface area contributed by atoms with Crippen LogP contribution >= 0.6 is 0 Å². The molecule has 0 saturated carbocycles. The fraction of sp³-hybridized carbons (Fsp3) is 0.333. The van der Waals surface area contributed by atoms with E-state index < -0.39 is 75.4 Å². The van der Waals surface area contributed by atoms with Crippen LogP contribution in [0.15, 0.2) is 36.4 Å². The van der Waals surface area contributed by atoms with Crippen LogP contribution in [0.3, 0.4) is 0 Å². The zero-order chi connectivity index (χ0) is 27.8. The molecule has 2 unspecified atom stereocenters. The van der Waals surface area contributed by atoms with Gasteiger partial charge in [-0.1, -0.05) is 13.3 Å². The Hall–Kier alpha value is -3.21. The fourth-order valence-electron chi connectivity index (χ4n) is 4.54. The molecule has 11 heteroatoms. The smallest absolute Gasteiger partial charge is 0.429 e. The van der Waals surface area contributed by atoms with Crippen LogP contribution in [0, 0.1) is 46.6 Å². The van der Waals surface area contributed by atoms with Crippen LogP contribution < -0.4 is 4.74 Å². The molecule has 1 heterocycles. The van der Waals surface area contributed by atoms with Crippen molar-refractivity contribution < 1.29 is 49.0 Å². The third kappa shape index (κ3) is 5.62. The summed E-state index contributed by atoms with van der Waals surface area (Å²) in [6, 6.07) is 2.58. The van der Waals surface area contributed by atoms with E-state index in [4.69, 9.17) is 4.74 Å². The van der Waals surface area contributed by atoms with Crippen LogP contribution in [0.2, 0.25) is 0 Å². The van der Waals surface area contributed by atoms with Gasteiger partial charge in [-0.15, -0.1) is 0 Å². The third-order valence-corrected chi connectivity index (χ3v) is 6.33. The molecule has 0 spiro atoms. The maximum absolute atomic E-state index is 14.9. The van der Waals surface area contributed by atoms with Gasteiger partial charge in [0.2, 0.25) is 0 Å². The lowest BCUT2D eigenvalue weighted by molar-refractivity contribution is -0.189. The molecule has 3 aromatic carbocycles. The van der Waals surface area contributed by atoms with E-state index in [2.05, 4.69) is 4.74 Å². The van der Waals surface area contributed by atoms with E-state index in [1.165, 1.54) is 0 Å². The predicted octanol–water partition coefficient (Wildman–Crippen LogP) is 8.72. The molecule has 0 radical (unpaired) electrons. The Morgan fingerprint density at radius 3 is 1.87 bits per heavy atom. The standard InChI is InChI=1S/C27H21F9O2/c1-2-3-13-4-5-23(37-12-13)14-6-17(28)24(18(29)7-14)15-8-19(30)25(20(31)9-15)27(35,36)38-16-10-21(32)26(34)22(33)11-16/h6-11,13,23H,2-5,12H2,1H3. The second-order valence-electron chi connectivity index (χ2n) is 9.05. The van der Waals surface area contributed by atoms with Crippen molar-refractivity contribution in [2.24, 2.45) is 5.92 Å². The summed E-state index contributed by atoms with van der Waals surface area (Å²) < 4.78 is 138. The van der Waals surface area contributed by atoms with Crippen LogP contribution in [-0.2, 0) is 10.8 Å². The molecule has 0 amide bonds. The topological polar surface area (TPSA) is 18.5 Å². The number of halogens is 9. The van der Waals surface area contributed by atoms with Crippen molar-refractivity contribution >= 4 is 0 Å². The van der Waals surface area contributed by atoms with Gasteiger partial charge in [0.1, 0.15) is 34.6 Å². The fourth-order valence-corrected chi connectivity index (χ4v) is 4.54. The summed E-state index contributed by atoms with van der Waals surface area (Å²) in [6.07, 6.45) is -2.15. The van der Waals surface area contributed by atoms with Crippen molar-refractivity contribution in [1.29, 1.82) is 0 Å². The van der Waals surface area contributed by atoms with Gasteiger partial charge in [0.25, 0.3) is 0 Å². The Labute approximate surface area is 212 Å². The Kier molecular flexibility index (Phi) is 7.96. The Morgan fingerprint density at radius 1 is 0.789 bits per heavy atom. The molecular weight excluding hydrogens is 527 g/mol. The number of alkyl halides is 2. The van der Waals surface area contributed by atoms with Gasteiger partial charge in [0.05, 0.1) is 18.3 Å². The number of ether oxygens (including phenoxy) is 2. The average Bonchev–Trinajstić information content (AvgIpc) is 2.82. The summed E-state index contributed by atoms with van der Waals surface area (Å²) >= 11 is 0. The Morgan fingerprint density at radius 2 is 1.37 bits per heavy atom. The van der Waals surface area contributed by atoms with Gasteiger partial charge < -0.3 is 9.47 Å². The zero-order valence-electron chi connectivity index (χ0n) is 19.9. The van der Waals surface area contributed by atoms with Gasteiger partial charge in [0, 0.05) is 12.1 Å². The molecule has 204 valence electrons. The molecule has 4 rings (SSSR count). The first-order valence-electron chi connectivity index (χ1n) is 11.7. The molecular formula is C27H21F9O2. The van der Waals surface area contributed by atoms with Gasteiger partial charge >= 0.3 is 6.11 Å². The van der Waals surface area contributed by atoms with E-state index in [1.807, 2.05) is 6.92 Å². The molecule has 2 nitrogen and oxygen atoms in total. The van der Waals surface area contributed by atoms with Gasteiger partial charge in [-0.25, -0.2) is 30.7 Å². The number of hydrogen-bond donors (Lipinski definition) is 0. The lowest BCUT2D eigenvalue weighted by Gasteiger charge is -2.29. The van der Waals surface area contributed by atoms with Crippen molar-refractivity contribution in [2.75, 3.05) is 6.61 Å². The normalized spacial score (nSPS) is 18.1. The lowest BCUT2D eigenvalue weighted by Crippen LogP contribution is -2.25. The first kappa shape index (κ1) is 27.8. The maximum atomic E-state index is 14.9. The van der Waals surface area contributed by atoms with Crippen molar-refractivity contribution in [3.8, 4) is 16.9 Å². The molecule has 1 saturated heterocycles. The SMILES string of the molecule is CCCC1CCC(c2cc(F)c(-c3cc(F)c(C(F)(F)Oc4cc(F)c(F)c(F)c4)c(F)c3)c(F)c2)OC1. The Bertz CT molecular complexity index is 1270. The molecule has 0 aliphatic carbocycles. The van der Waals surface area contributed by atoms with Crippen LogP contribution in [0.4, 0.5) is 39.5 Å². The summed E-state index contributed by atoms with van der Waals surface area (Å²) in [5, 5.41) is 0. The second kappa shape index (κ2) is 10.9. The van der Waals surface area contributed by atoms with Crippen molar-refractivity contribution in [3.63, 3.8) is 0 Å². The highest BCUT2D eigenvalue weighted by Crippen LogP contribution is 2.40. The van der Waals surface area contributed by atoms with Crippen LogP contribution in [0.5, 0.6) is 5.75 Å². The van der Waals surface area contributed by atoms with E-state index in [0.29, 0.717) is 18.9 Å². The first-order chi connectivity index (χ1) is 17.9. The molecule has 0 bridgehead atoms. The van der Waals surface area contributed by atoms with E-state index in [-0.39, 0.29) is 29.8 Å². The summed E-state index contributed by atoms with van der Waals surface area (Å²) in [7, 11) is 0. The average molecular weight is 548 g/mol. The maximum Gasteiger partial charge on any atom is 0.432 e. The molecule has 1 fully saturated rings. The highest BCUT2D eigenvalue weighted by molar-refractivity contribution is 5.66. The van der Waals surface area contributed by atoms with Crippen molar-refractivity contribution in [1.82, 2.24) is 0 Å². The minimum absolute atomic E-state index is 0.0583. The minimum atomic E-state index is -4.84. The van der Waals surface area contributed by atoms with E-state index in [1.54, 1.807) is 0 Å². The van der Waals surface area contributed by atoms with Crippen molar-refractivity contribution in [3.05, 3.63) is 88.2 Å². The van der Waals surface area contributed by atoms with Crippen LogP contribution in [0.1, 0.15) is 49.8 Å². The van der Waals surface area contributed by atoms with E-state index >= 15 is 0 Å². The molecule has 0 N–H and O–H groups in total. The van der Waals surface area contributed by atoms with Crippen molar-refractivity contribution in [2.45, 2.75) is 44.8 Å². The van der Waals surface area contributed by atoms with Gasteiger partial charge in [-0.05, 0) is 60.6 Å². The summed E-state index contributed by atoms with van der Waals surface area (Å²) in [6.45, 7) is 2.46. The molecule has 0 aromatic heterocycles. The summed E-state index contributed by atoms with van der Waals surface area (Å²) in [4.78, 5) is 0. The quantitative estimate of drug-likeness (QED) is 0.217. The van der Waals surface area contributed by atoms with E-state index in [0.717, 1.165) is 31.4 Å². The molecule has 38 heavy (non-hydrogen) atoms. The minimum Gasteiger partial charge on any atom is -0.429 e. The predicted molar refractivity (Wildman–Crippen MR) is 119 cm³/mol. The zero-order valence-corrected chi connectivity index (χ0v) is 19.9. The highest BCUT2D eigenvalue weighted by Gasteiger charge is 2.42.